The summed E-state index contributed by atoms with van der Waals surface area (Å²) in [5, 5.41) is 1.86. The zero-order valence-corrected chi connectivity index (χ0v) is 12.3. The second kappa shape index (κ2) is 6.37. The fourth-order valence-electron chi connectivity index (χ4n) is 2.36. The maximum atomic E-state index is 11.2. The molecule has 0 saturated carbocycles. The van der Waals surface area contributed by atoms with E-state index in [1.807, 2.05) is 19.1 Å². The molecular weight excluding hydrogens is 266 g/mol. The molecule has 0 spiro atoms. The molecule has 0 aromatic carbocycles. The van der Waals surface area contributed by atoms with E-state index >= 15 is 0 Å². The van der Waals surface area contributed by atoms with Gasteiger partial charge in [-0.15, -0.1) is 0 Å². The lowest BCUT2D eigenvalue weighted by atomic mass is 9.94. The number of hydrogen-bond acceptors (Lipinski definition) is 4. The minimum absolute atomic E-state index is 0.362. The van der Waals surface area contributed by atoms with E-state index in [2.05, 4.69) is 17.0 Å². The maximum Gasteiger partial charge on any atom is 0.257 e. The molecule has 0 radical (unpaired) electrons. The number of fused-ring (bicyclic) bond motifs is 1. The second-order valence-electron chi connectivity index (χ2n) is 4.82. The molecule has 5 heteroatoms. The fourth-order valence-corrected chi connectivity index (χ4v) is 2.36. The summed E-state index contributed by atoms with van der Waals surface area (Å²) in [4.78, 5) is 15.7. The first-order chi connectivity index (χ1) is 10.1. The minimum Gasteiger partial charge on any atom is -0.499 e. The summed E-state index contributed by atoms with van der Waals surface area (Å²) in [6.07, 6.45) is 4.60. The van der Waals surface area contributed by atoms with E-state index in [0.29, 0.717) is 0 Å². The van der Waals surface area contributed by atoms with Crippen LogP contribution in [0.25, 0.3) is 11.3 Å². The monoisotopic (exact) mass is 285 g/mol. The van der Waals surface area contributed by atoms with Crippen LogP contribution in [0.1, 0.15) is 18.5 Å². The highest BCUT2D eigenvalue weighted by Crippen LogP contribution is 2.21. The van der Waals surface area contributed by atoms with Gasteiger partial charge in [0.1, 0.15) is 11.1 Å². The number of amides is 1. The molecule has 2 rings (SSSR count). The van der Waals surface area contributed by atoms with Gasteiger partial charge in [-0.05, 0) is 36.6 Å². The first-order valence-electron chi connectivity index (χ1n) is 6.68. The van der Waals surface area contributed by atoms with Crippen molar-refractivity contribution < 1.29 is 9.53 Å². The molecule has 110 valence electrons. The normalized spacial score (nSPS) is 14.0. The Morgan fingerprint density at radius 2 is 2.19 bits per heavy atom. The summed E-state index contributed by atoms with van der Waals surface area (Å²) in [5.74, 6) is 5.57. The minimum atomic E-state index is -0.362. The quantitative estimate of drug-likeness (QED) is 0.272. The Morgan fingerprint density at radius 1 is 1.43 bits per heavy atom. The molecular formula is C16H19N3O2. The van der Waals surface area contributed by atoms with Crippen molar-refractivity contribution >= 4 is 17.2 Å². The summed E-state index contributed by atoms with van der Waals surface area (Å²) in [5.41, 5.74) is 4.84. The lowest BCUT2D eigenvalue weighted by Crippen LogP contribution is -2.36. The van der Waals surface area contributed by atoms with E-state index < -0.39 is 0 Å². The van der Waals surface area contributed by atoms with Gasteiger partial charge in [-0.25, -0.2) is 10.8 Å². The molecule has 0 aliphatic heterocycles. The molecule has 5 nitrogen and oxygen atoms in total. The van der Waals surface area contributed by atoms with Crippen LogP contribution in [0, 0.1) is 6.92 Å². The molecule has 1 amide bonds. The number of hydrogen-bond donors (Lipinski definition) is 2. The molecule has 1 heterocycles. The van der Waals surface area contributed by atoms with E-state index in [1.54, 1.807) is 13.2 Å². The number of hydrazine groups is 1. The summed E-state index contributed by atoms with van der Waals surface area (Å²) in [7, 11) is 1.66. The summed E-state index contributed by atoms with van der Waals surface area (Å²) in [6, 6.07) is 3.98. The number of rotatable bonds is 4. The Labute approximate surface area is 123 Å². The van der Waals surface area contributed by atoms with E-state index in [4.69, 9.17) is 10.6 Å². The average molecular weight is 285 g/mol. The average Bonchev–Trinajstić information content (AvgIpc) is 2.50. The number of carbonyl (C=O) groups is 1. The number of nitrogens with zero attached hydrogens (tertiary/aromatic N) is 1. The van der Waals surface area contributed by atoms with Gasteiger partial charge in [-0.1, -0.05) is 12.6 Å². The lowest BCUT2D eigenvalue weighted by Gasteiger charge is -2.16. The van der Waals surface area contributed by atoms with Crippen molar-refractivity contribution in [2.75, 3.05) is 7.11 Å². The number of nitrogens with one attached hydrogen (secondary N) is 1. The van der Waals surface area contributed by atoms with Gasteiger partial charge in [-0.2, -0.15) is 0 Å². The standard InChI is InChI=1S/C16H19N3O2/c1-10(4-9-15(20)19-17)12-7-8-14(21-3)16-13(12)6-5-11(2)18-16/h4-6,9H,1,7-8,17H2,2-3H3,(H,19,20)/b9-4-. The number of methoxy groups -OCH3 is 1. The molecule has 1 aliphatic carbocycles. The maximum absolute atomic E-state index is 11.2. The van der Waals surface area contributed by atoms with Gasteiger partial charge >= 0.3 is 0 Å². The van der Waals surface area contributed by atoms with Crippen LogP contribution in [-0.2, 0) is 9.53 Å². The molecule has 0 fully saturated rings. The number of ether oxygens (including phenoxy) is 1. The number of nitrogens with two attached hydrogens (primary N) is 1. The zero-order valence-electron chi connectivity index (χ0n) is 12.3. The molecule has 0 saturated heterocycles. The molecule has 1 aromatic rings. The van der Waals surface area contributed by atoms with Gasteiger partial charge in [0.15, 0.2) is 0 Å². The third-order valence-electron chi connectivity index (χ3n) is 3.44. The van der Waals surface area contributed by atoms with Crippen molar-refractivity contribution in [3.05, 3.63) is 52.7 Å². The number of pyridine rings is 1. The van der Waals surface area contributed by atoms with Crippen LogP contribution in [0.5, 0.6) is 0 Å². The van der Waals surface area contributed by atoms with E-state index in [0.717, 1.165) is 46.0 Å². The first kappa shape index (κ1) is 15.0. The van der Waals surface area contributed by atoms with Crippen molar-refractivity contribution in [3.8, 4) is 0 Å². The smallest absolute Gasteiger partial charge is 0.257 e. The SMILES string of the molecule is C=C(/C=C\C(=O)NN)C1=c2ccc(C)nc2=C(OC)CC1. The van der Waals surface area contributed by atoms with Crippen LogP contribution in [0.3, 0.4) is 0 Å². The highest BCUT2D eigenvalue weighted by Gasteiger charge is 2.14. The summed E-state index contributed by atoms with van der Waals surface area (Å²) >= 11 is 0. The Balaban J connectivity index is 2.56. The van der Waals surface area contributed by atoms with Crippen LogP contribution >= 0.6 is 0 Å². The number of allylic oxidation sites excluding steroid dienone is 2. The number of aromatic nitrogens is 1. The molecule has 3 N–H and O–H groups in total. The van der Waals surface area contributed by atoms with Crippen LogP contribution < -0.4 is 21.8 Å². The highest BCUT2D eigenvalue weighted by molar-refractivity contribution is 5.88. The third-order valence-corrected chi connectivity index (χ3v) is 3.44. The zero-order chi connectivity index (χ0) is 15.4. The lowest BCUT2D eigenvalue weighted by molar-refractivity contribution is -0.116. The molecule has 1 aliphatic rings. The number of aryl methyl sites for hydroxylation is 1. The van der Waals surface area contributed by atoms with Crippen LogP contribution in [0.2, 0.25) is 0 Å². The molecule has 21 heavy (non-hydrogen) atoms. The Morgan fingerprint density at radius 3 is 2.86 bits per heavy atom. The second-order valence-corrected chi connectivity index (χ2v) is 4.82. The molecule has 1 aromatic heterocycles. The van der Waals surface area contributed by atoms with E-state index in [1.165, 1.54) is 6.08 Å². The first-order valence-corrected chi connectivity index (χ1v) is 6.68. The predicted molar refractivity (Wildman–Crippen MR) is 81.9 cm³/mol. The predicted octanol–water partition coefficient (Wildman–Crippen LogP) is 0.191. The Hall–Kier alpha value is -2.40. The van der Waals surface area contributed by atoms with Crippen molar-refractivity contribution in [1.82, 2.24) is 10.4 Å². The van der Waals surface area contributed by atoms with Crippen molar-refractivity contribution in [2.45, 2.75) is 19.8 Å². The highest BCUT2D eigenvalue weighted by atomic mass is 16.5. The van der Waals surface area contributed by atoms with Gasteiger partial charge < -0.3 is 4.74 Å². The van der Waals surface area contributed by atoms with Gasteiger partial charge in [0.2, 0.25) is 0 Å². The van der Waals surface area contributed by atoms with Crippen LogP contribution in [-0.4, -0.2) is 18.0 Å². The Bertz CT molecular complexity index is 732. The van der Waals surface area contributed by atoms with Gasteiger partial charge in [0.05, 0.1) is 7.11 Å². The molecule has 0 atom stereocenters. The topological polar surface area (TPSA) is 77.2 Å². The molecule has 0 unspecified atom stereocenters. The Kier molecular flexibility index (Phi) is 4.55. The van der Waals surface area contributed by atoms with Gasteiger partial charge in [-0.3, -0.25) is 10.2 Å². The molecule has 0 bridgehead atoms. The van der Waals surface area contributed by atoms with E-state index in [-0.39, 0.29) is 5.91 Å². The largest absolute Gasteiger partial charge is 0.499 e. The van der Waals surface area contributed by atoms with Crippen molar-refractivity contribution in [1.29, 1.82) is 0 Å². The third kappa shape index (κ3) is 3.20. The van der Waals surface area contributed by atoms with Crippen LogP contribution in [0.15, 0.2) is 36.4 Å². The van der Waals surface area contributed by atoms with Crippen LogP contribution in [0.4, 0.5) is 0 Å². The fraction of sp³-hybridized carbons (Fsp3) is 0.250. The van der Waals surface area contributed by atoms with Gasteiger partial charge in [0.25, 0.3) is 5.91 Å². The summed E-state index contributed by atoms with van der Waals surface area (Å²) < 4.78 is 5.43. The van der Waals surface area contributed by atoms with Crippen molar-refractivity contribution in [3.63, 3.8) is 0 Å². The summed E-state index contributed by atoms with van der Waals surface area (Å²) in [6.45, 7) is 5.98. The van der Waals surface area contributed by atoms with Gasteiger partial charge in [0, 0.05) is 23.4 Å². The van der Waals surface area contributed by atoms with E-state index in [9.17, 15) is 4.79 Å². The van der Waals surface area contributed by atoms with Crippen molar-refractivity contribution in [2.24, 2.45) is 5.84 Å². The number of carbonyl (C=O) groups excluding carboxylic acids is 1.